The van der Waals surface area contributed by atoms with E-state index in [0.29, 0.717) is 11.6 Å². The Bertz CT molecular complexity index is 760. The molecule has 5 heteroatoms. The summed E-state index contributed by atoms with van der Waals surface area (Å²) >= 11 is 0. The van der Waals surface area contributed by atoms with Crippen molar-refractivity contribution >= 4 is 5.91 Å². The molecule has 24 heavy (non-hydrogen) atoms. The van der Waals surface area contributed by atoms with E-state index in [1.807, 2.05) is 35.9 Å². The van der Waals surface area contributed by atoms with Crippen LogP contribution in [0.2, 0.25) is 0 Å². The predicted octanol–water partition coefficient (Wildman–Crippen LogP) is 2.22. The molecule has 0 unspecified atom stereocenters. The Hall–Kier alpha value is -2.27. The van der Waals surface area contributed by atoms with E-state index in [4.69, 9.17) is 0 Å². The molecule has 4 heterocycles. The number of hydrogen-bond acceptors (Lipinski definition) is 3. The normalized spacial score (nSPS) is 25.6. The summed E-state index contributed by atoms with van der Waals surface area (Å²) in [7, 11) is 1.87. The van der Waals surface area contributed by atoms with Gasteiger partial charge in [-0.2, -0.15) is 0 Å². The minimum atomic E-state index is -0.0297. The molecule has 1 amide bonds. The van der Waals surface area contributed by atoms with Gasteiger partial charge in [0.25, 0.3) is 5.91 Å². The minimum Gasteiger partial charge on any atom is -0.507 e. The van der Waals surface area contributed by atoms with Crippen LogP contribution in [0.1, 0.15) is 23.3 Å². The van der Waals surface area contributed by atoms with Gasteiger partial charge >= 0.3 is 0 Å². The largest absolute Gasteiger partial charge is 0.507 e. The zero-order valence-corrected chi connectivity index (χ0v) is 13.9. The molecule has 2 aromatic rings. The average Bonchev–Trinajstić information content (AvgIpc) is 2.98. The monoisotopic (exact) mass is 325 g/mol. The fourth-order valence-electron chi connectivity index (χ4n) is 4.07. The molecule has 0 aliphatic carbocycles. The van der Waals surface area contributed by atoms with Crippen molar-refractivity contribution in [2.45, 2.75) is 18.9 Å². The third-order valence-electron chi connectivity index (χ3n) is 5.51. The van der Waals surface area contributed by atoms with Crippen LogP contribution in [-0.4, -0.2) is 46.2 Å². The number of aromatic nitrogens is 1. The van der Waals surface area contributed by atoms with Crippen molar-refractivity contribution in [2.75, 3.05) is 19.6 Å². The van der Waals surface area contributed by atoms with Crippen molar-refractivity contribution < 1.29 is 9.90 Å². The van der Waals surface area contributed by atoms with Gasteiger partial charge in [-0.15, -0.1) is 0 Å². The first-order chi connectivity index (χ1) is 11.6. The molecule has 1 aromatic carbocycles. The maximum atomic E-state index is 12.7. The first-order valence-corrected chi connectivity index (χ1v) is 8.61. The van der Waals surface area contributed by atoms with Crippen LogP contribution in [0.25, 0.3) is 11.3 Å². The lowest BCUT2D eigenvalue weighted by atomic mass is 9.84. The molecule has 0 radical (unpaired) electrons. The third-order valence-corrected chi connectivity index (χ3v) is 5.51. The molecule has 5 nitrogen and oxygen atoms in total. The number of fused-ring (bicyclic) bond motifs is 3. The Kier molecular flexibility index (Phi) is 3.81. The van der Waals surface area contributed by atoms with E-state index >= 15 is 0 Å². The molecule has 0 spiro atoms. The number of rotatable bonds is 3. The number of phenols is 1. The third kappa shape index (κ3) is 2.59. The van der Waals surface area contributed by atoms with Crippen molar-refractivity contribution in [1.29, 1.82) is 0 Å². The first-order valence-electron chi connectivity index (χ1n) is 8.61. The number of hydrogen-bond donors (Lipinski definition) is 2. The Balaban J connectivity index is 1.55. The lowest BCUT2D eigenvalue weighted by Gasteiger charge is -2.44. The highest BCUT2D eigenvalue weighted by Crippen LogP contribution is 2.30. The molecule has 3 aliphatic rings. The number of nitrogens with zero attached hydrogens (tertiary/aromatic N) is 2. The number of aromatic hydroxyl groups is 1. The van der Waals surface area contributed by atoms with Crippen LogP contribution in [0, 0.1) is 5.92 Å². The van der Waals surface area contributed by atoms with Gasteiger partial charge in [-0.3, -0.25) is 4.79 Å². The van der Waals surface area contributed by atoms with Gasteiger partial charge in [-0.1, -0.05) is 12.1 Å². The van der Waals surface area contributed by atoms with Gasteiger partial charge in [0.2, 0.25) is 0 Å². The average molecular weight is 325 g/mol. The molecule has 2 bridgehead atoms. The van der Waals surface area contributed by atoms with Crippen molar-refractivity contribution in [3.05, 3.63) is 42.1 Å². The highest BCUT2D eigenvalue weighted by Gasteiger charge is 2.35. The summed E-state index contributed by atoms with van der Waals surface area (Å²) in [5, 5.41) is 13.3. The minimum absolute atomic E-state index is 0.0297. The van der Waals surface area contributed by atoms with Gasteiger partial charge in [0.05, 0.1) is 5.69 Å². The predicted molar refractivity (Wildman–Crippen MR) is 92.9 cm³/mol. The lowest BCUT2D eigenvalue weighted by molar-refractivity contribution is 0.0616. The number of phenolic OH excluding ortho intramolecular Hbond substituents is 1. The molecule has 2 N–H and O–H groups in total. The van der Waals surface area contributed by atoms with Crippen LogP contribution >= 0.6 is 0 Å². The van der Waals surface area contributed by atoms with E-state index < -0.39 is 0 Å². The second kappa shape index (κ2) is 5.98. The van der Waals surface area contributed by atoms with E-state index in [-0.39, 0.29) is 17.7 Å². The Morgan fingerprint density at radius 2 is 1.92 bits per heavy atom. The van der Waals surface area contributed by atoms with Gasteiger partial charge in [0.1, 0.15) is 11.4 Å². The van der Waals surface area contributed by atoms with Crippen molar-refractivity contribution in [1.82, 2.24) is 14.8 Å². The zero-order chi connectivity index (χ0) is 16.7. The maximum Gasteiger partial charge on any atom is 0.268 e. The number of carbonyl (C=O) groups excluding carboxylic acids is 1. The molecular weight excluding hydrogens is 302 g/mol. The molecule has 3 aliphatic heterocycles. The van der Waals surface area contributed by atoms with Crippen LogP contribution in [0.15, 0.2) is 36.4 Å². The zero-order valence-electron chi connectivity index (χ0n) is 13.9. The number of benzene rings is 1. The smallest absolute Gasteiger partial charge is 0.268 e. The van der Waals surface area contributed by atoms with Crippen LogP contribution in [0.5, 0.6) is 5.75 Å². The van der Waals surface area contributed by atoms with Crippen molar-refractivity contribution in [3.8, 4) is 17.0 Å². The van der Waals surface area contributed by atoms with Crippen molar-refractivity contribution in [2.24, 2.45) is 13.0 Å². The van der Waals surface area contributed by atoms with Crippen LogP contribution in [0.3, 0.4) is 0 Å². The van der Waals surface area contributed by atoms with Gasteiger partial charge in [-0.05, 0) is 56.1 Å². The highest BCUT2D eigenvalue weighted by atomic mass is 16.3. The second-order valence-corrected chi connectivity index (χ2v) is 6.90. The molecule has 126 valence electrons. The van der Waals surface area contributed by atoms with Crippen LogP contribution < -0.4 is 5.32 Å². The first kappa shape index (κ1) is 15.3. The van der Waals surface area contributed by atoms with Gasteiger partial charge in [0.15, 0.2) is 0 Å². The van der Waals surface area contributed by atoms with E-state index in [2.05, 4.69) is 10.2 Å². The topological polar surface area (TPSA) is 57.5 Å². The van der Waals surface area contributed by atoms with E-state index in [9.17, 15) is 9.90 Å². The van der Waals surface area contributed by atoms with Gasteiger partial charge in [-0.25, -0.2) is 0 Å². The summed E-state index contributed by atoms with van der Waals surface area (Å²) in [5.41, 5.74) is 2.21. The van der Waals surface area contributed by atoms with Gasteiger partial charge < -0.3 is 19.9 Å². The Morgan fingerprint density at radius 1 is 1.17 bits per heavy atom. The number of nitrogens with one attached hydrogen (secondary N) is 1. The summed E-state index contributed by atoms with van der Waals surface area (Å²) in [6.07, 6.45) is 2.36. The molecule has 5 rings (SSSR count). The second-order valence-electron chi connectivity index (χ2n) is 6.90. The lowest BCUT2D eigenvalue weighted by Crippen LogP contribution is -2.57. The molecular formula is C19H23N3O2. The van der Waals surface area contributed by atoms with E-state index in [1.54, 1.807) is 12.1 Å². The summed E-state index contributed by atoms with van der Waals surface area (Å²) in [6.45, 7) is 3.30. The van der Waals surface area contributed by atoms with Crippen LogP contribution in [-0.2, 0) is 7.05 Å². The standard InChI is InChI=1S/C19H23N3O2/c1-21-16(14-4-2-3-5-18(14)23)6-7-17(21)19(24)20-15-12-22-10-8-13(15)9-11-22/h2-7,13,15,23H,8-12H2,1H3,(H,20,24)/t15-/m0/s1. The molecule has 3 saturated heterocycles. The SMILES string of the molecule is Cn1c(C(=O)N[C@H]2CN3CCC2CC3)ccc1-c1ccccc1O. The van der Waals surface area contributed by atoms with Gasteiger partial charge in [0, 0.05) is 25.2 Å². The summed E-state index contributed by atoms with van der Waals surface area (Å²) in [6, 6.07) is 11.2. The number of amides is 1. The molecule has 1 aromatic heterocycles. The Morgan fingerprint density at radius 3 is 2.58 bits per heavy atom. The van der Waals surface area contributed by atoms with Crippen molar-refractivity contribution in [3.63, 3.8) is 0 Å². The molecule has 1 atom stereocenters. The number of carbonyl (C=O) groups is 1. The molecule has 3 fully saturated rings. The highest BCUT2D eigenvalue weighted by molar-refractivity contribution is 5.94. The summed E-state index contributed by atoms with van der Waals surface area (Å²) < 4.78 is 1.85. The fourth-order valence-corrected chi connectivity index (χ4v) is 4.07. The summed E-state index contributed by atoms with van der Waals surface area (Å²) in [5.74, 6) is 0.804. The van der Waals surface area contributed by atoms with E-state index in [0.717, 1.165) is 17.8 Å². The molecule has 0 saturated carbocycles. The number of para-hydroxylation sites is 1. The fraction of sp³-hybridized carbons (Fsp3) is 0.421. The van der Waals surface area contributed by atoms with Crippen LogP contribution in [0.4, 0.5) is 0 Å². The maximum absolute atomic E-state index is 12.7. The number of piperidine rings is 3. The Labute approximate surface area is 141 Å². The summed E-state index contributed by atoms with van der Waals surface area (Å²) in [4.78, 5) is 15.2. The van der Waals surface area contributed by atoms with E-state index in [1.165, 1.54) is 25.9 Å². The quantitative estimate of drug-likeness (QED) is 0.910.